The van der Waals surface area contributed by atoms with Gasteiger partial charge in [-0.2, -0.15) is 0 Å². The van der Waals surface area contributed by atoms with E-state index < -0.39 is 11.7 Å². The molecule has 0 aliphatic carbocycles. The molecule has 0 amide bonds. The van der Waals surface area contributed by atoms with Crippen molar-refractivity contribution in [2.24, 2.45) is 0 Å². The van der Waals surface area contributed by atoms with Gasteiger partial charge in [-0.3, -0.25) is 0 Å². The molecule has 2 N–H and O–H groups in total. The number of hydrogen-bond acceptors (Lipinski definition) is 5. The highest BCUT2D eigenvalue weighted by molar-refractivity contribution is 6.34. The first-order valence-corrected chi connectivity index (χ1v) is 6.53. The number of phenolic OH excluding ortho intramolecular Hbond substituents is 2. The minimum atomic E-state index is -0.744. The molecule has 0 bridgehead atoms. The van der Waals surface area contributed by atoms with Crippen molar-refractivity contribution in [2.75, 3.05) is 13.2 Å². The van der Waals surface area contributed by atoms with E-state index in [1.54, 1.807) is 12.1 Å². The van der Waals surface area contributed by atoms with Crippen LogP contribution in [-0.4, -0.2) is 29.4 Å². The van der Waals surface area contributed by atoms with E-state index in [1.807, 2.05) is 18.2 Å². The third-order valence-electron chi connectivity index (χ3n) is 2.64. The van der Waals surface area contributed by atoms with E-state index in [1.165, 1.54) is 12.1 Å². The van der Waals surface area contributed by atoms with Gasteiger partial charge in [0.2, 0.25) is 0 Å². The molecule has 0 atom stereocenters. The number of hydrogen-bond donors (Lipinski definition) is 2. The molecule has 0 fully saturated rings. The van der Waals surface area contributed by atoms with Gasteiger partial charge in [0, 0.05) is 0 Å². The van der Waals surface area contributed by atoms with Crippen LogP contribution in [0.1, 0.15) is 10.4 Å². The molecule has 2 rings (SSSR count). The van der Waals surface area contributed by atoms with Crippen LogP contribution in [0.4, 0.5) is 0 Å². The van der Waals surface area contributed by atoms with Gasteiger partial charge in [0.1, 0.15) is 35.3 Å². The van der Waals surface area contributed by atoms with Gasteiger partial charge >= 0.3 is 5.97 Å². The smallest absolute Gasteiger partial charge is 0.342 e. The molecule has 0 aliphatic rings. The average molecular weight is 309 g/mol. The summed E-state index contributed by atoms with van der Waals surface area (Å²) in [5.41, 5.74) is -0.113. The normalized spacial score (nSPS) is 10.1. The highest BCUT2D eigenvalue weighted by atomic mass is 35.5. The zero-order chi connectivity index (χ0) is 15.2. The summed E-state index contributed by atoms with van der Waals surface area (Å²) in [7, 11) is 0. The van der Waals surface area contributed by atoms with E-state index in [-0.39, 0.29) is 29.5 Å². The zero-order valence-corrected chi connectivity index (χ0v) is 11.7. The predicted molar refractivity (Wildman–Crippen MR) is 77.0 cm³/mol. The number of rotatable bonds is 5. The number of carbonyl (C=O) groups is 1. The lowest BCUT2D eigenvalue weighted by atomic mass is 10.2. The maximum atomic E-state index is 11.8. The first kappa shape index (κ1) is 15.0. The van der Waals surface area contributed by atoms with Gasteiger partial charge in [0.05, 0.1) is 0 Å². The van der Waals surface area contributed by atoms with E-state index >= 15 is 0 Å². The molecule has 6 heteroatoms. The number of halogens is 1. The van der Waals surface area contributed by atoms with Gasteiger partial charge in [-0.15, -0.1) is 0 Å². The highest BCUT2D eigenvalue weighted by Gasteiger charge is 2.17. The van der Waals surface area contributed by atoms with Crippen LogP contribution in [0.5, 0.6) is 17.2 Å². The van der Waals surface area contributed by atoms with Crippen molar-refractivity contribution in [3.8, 4) is 17.2 Å². The highest BCUT2D eigenvalue weighted by Crippen LogP contribution is 2.35. The quantitative estimate of drug-likeness (QED) is 0.656. The van der Waals surface area contributed by atoms with E-state index in [0.717, 1.165) is 0 Å². The van der Waals surface area contributed by atoms with Gasteiger partial charge in [0.15, 0.2) is 5.75 Å². The number of benzene rings is 2. The fourth-order valence-corrected chi connectivity index (χ4v) is 1.77. The lowest BCUT2D eigenvalue weighted by molar-refractivity contribution is 0.0447. The van der Waals surface area contributed by atoms with Gasteiger partial charge in [0.25, 0.3) is 0 Å². The Balaban J connectivity index is 1.87. The van der Waals surface area contributed by atoms with Crippen molar-refractivity contribution in [3.63, 3.8) is 0 Å². The number of aromatic hydroxyl groups is 2. The SMILES string of the molecule is O=C(OCCOc1ccccc1)c1ccc(O)c(Cl)c1O. The third-order valence-corrected chi connectivity index (χ3v) is 3.02. The fraction of sp³-hybridized carbons (Fsp3) is 0.133. The second-order valence-electron chi connectivity index (χ2n) is 4.09. The lowest BCUT2D eigenvalue weighted by Crippen LogP contribution is -2.12. The Bertz CT molecular complexity index is 627. The van der Waals surface area contributed by atoms with Crippen molar-refractivity contribution >= 4 is 17.6 Å². The van der Waals surface area contributed by atoms with Gasteiger partial charge < -0.3 is 19.7 Å². The molecule has 0 aromatic heterocycles. The molecular weight excluding hydrogens is 296 g/mol. The van der Waals surface area contributed by atoms with Crippen LogP contribution >= 0.6 is 11.6 Å². The second-order valence-corrected chi connectivity index (χ2v) is 4.47. The summed E-state index contributed by atoms with van der Waals surface area (Å²) in [4.78, 5) is 11.8. The van der Waals surface area contributed by atoms with Crippen molar-refractivity contribution in [1.29, 1.82) is 0 Å². The van der Waals surface area contributed by atoms with Crippen LogP contribution < -0.4 is 4.74 Å². The molecule has 5 nitrogen and oxygen atoms in total. The van der Waals surface area contributed by atoms with Gasteiger partial charge in [-0.05, 0) is 24.3 Å². The van der Waals surface area contributed by atoms with Gasteiger partial charge in [-0.1, -0.05) is 29.8 Å². The number of para-hydroxylation sites is 1. The Hall–Kier alpha value is -2.40. The van der Waals surface area contributed by atoms with Crippen LogP contribution in [0, 0.1) is 0 Å². The Morgan fingerprint density at radius 2 is 1.76 bits per heavy atom. The number of phenols is 2. The van der Waals surface area contributed by atoms with E-state index in [4.69, 9.17) is 21.1 Å². The zero-order valence-electron chi connectivity index (χ0n) is 11.0. The summed E-state index contributed by atoms with van der Waals surface area (Å²) < 4.78 is 10.3. The predicted octanol–water partition coefficient (Wildman–Crippen LogP) is 2.99. The summed E-state index contributed by atoms with van der Waals surface area (Å²) in [6, 6.07) is 11.5. The Morgan fingerprint density at radius 3 is 2.48 bits per heavy atom. The summed E-state index contributed by atoms with van der Waals surface area (Å²) in [6.45, 7) is 0.202. The number of ether oxygens (including phenoxy) is 2. The Labute approximate surface area is 126 Å². The van der Waals surface area contributed by atoms with Gasteiger partial charge in [-0.25, -0.2) is 4.79 Å². The van der Waals surface area contributed by atoms with Crippen molar-refractivity contribution in [2.45, 2.75) is 0 Å². The van der Waals surface area contributed by atoms with E-state index in [0.29, 0.717) is 5.75 Å². The second kappa shape index (κ2) is 6.85. The standard InChI is InChI=1S/C15H13ClO5/c16-13-12(17)7-6-11(14(13)18)15(19)21-9-8-20-10-4-2-1-3-5-10/h1-7,17-18H,8-9H2. The first-order valence-electron chi connectivity index (χ1n) is 6.15. The minimum absolute atomic E-state index is 0.0195. The number of carbonyl (C=O) groups excluding carboxylic acids is 1. The largest absolute Gasteiger partial charge is 0.506 e. The summed E-state index contributed by atoms with van der Waals surface area (Å²) in [5, 5.41) is 18.7. The lowest BCUT2D eigenvalue weighted by Gasteiger charge is -2.09. The molecule has 0 radical (unpaired) electrons. The first-order chi connectivity index (χ1) is 10.1. The number of esters is 1. The summed E-state index contributed by atoms with van der Waals surface area (Å²) >= 11 is 5.64. The van der Waals surface area contributed by atoms with Crippen molar-refractivity contribution < 1.29 is 24.5 Å². The fourth-order valence-electron chi connectivity index (χ4n) is 1.61. The van der Waals surface area contributed by atoms with Crippen LogP contribution in [0.25, 0.3) is 0 Å². The topological polar surface area (TPSA) is 76.0 Å². The summed E-state index contributed by atoms with van der Waals surface area (Å²) in [5.74, 6) is -0.890. The molecule has 2 aromatic carbocycles. The van der Waals surface area contributed by atoms with Crippen LogP contribution in [0.2, 0.25) is 5.02 Å². The minimum Gasteiger partial charge on any atom is -0.506 e. The van der Waals surface area contributed by atoms with Crippen molar-refractivity contribution in [1.82, 2.24) is 0 Å². The average Bonchev–Trinajstić information content (AvgIpc) is 2.50. The molecule has 0 heterocycles. The summed E-state index contributed by atoms with van der Waals surface area (Å²) in [6.07, 6.45) is 0. The molecular formula is C15H13ClO5. The maximum Gasteiger partial charge on any atom is 0.342 e. The Morgan fingerprint density at radius 1 is 1.05 bits per heavy atom. The maximum absolute atomic E-state index is 11.8. The van der Waals surface area contributed by atoms with E-state index in [9.17, 15) is 15.0 Å². The molecule has 0 aliphatic heterocycles. The molecule has 0 saturated carbocycles. The molecule has 0 spiro atoms. The molecule has 0 unspecified atom stereocenters. The van der Waals surface area contributed by atoms with Crippen molar-refractivity contribution in [3.05, 3.63) is 53.1 Å². The Kier molecular flexibility index (Phi) is 4.90. The molecule has 110 valence electrons. The van der Waals surface area contributed by atoms with E-state index in [2.05, 4.69) is 0 Å². The molecule has 21 heavy (non-hydrogen) atoms. The molecule has 2 aromatic rings. The van der Waals surface area contributed by atoms with Crippen LogP contribution in [-0.2, 0) is 4.74 Å². The monoisotopic (exact) mass is 308 g/mol. The van der Waals surface area contributed by atoms with Crippen LogP contribution in [0.3, 0.4) is 0 Å². The van der Waals surface area contributed by atoms with Crippen LogP contribution in [0.15, 0.2) is 42.5 Å². The molecule has 0 saturated heterocycles. The third kappa shape index (κ3) is 3.79.